The van der Waals surface area contributed by atoms with Gasteiger partial charge in [0.1, 0.15) is 11.1 Å². The van der Waals surface area contributed by atoms with Crippen LogP contribution in [0.15, 0.2) is 12.4 Å². The maximum absolute atomic E-state index is 10.8. The van der Waals surface area contributed by atoms with E-state index in [9.17, 15) is 10.1 Å². The minimum atomic E-state index is -0.443. The Morgan fingerprint density at radius 1 is 1.57 bits per heavy atom. The Morgan fingerprint density at radius 3 is 2.95 bits per heavy atom. The van der Waals surface area contributed by atoms with E-state index >= 15 is 0 Å². The number of nitrogens with zero attached hydrogens (tertiary/aromatic N) is 5. The predicted octanol–water partition coefficient (Wildman–Crippen LogP) is 0.551. The zero-order chi connectivity index (χ0) is 15.4. The molecule has 0 spiro atoms. The fourth-order valence-corrected chi connectivity index (χ4v) is 2.66. The molecule has 21 heavy (non-hydrogen) atoms. The second-order valence-corrected chi connectivity index (χ2v) is 5.83. The molecule has 1 aromatic heterocycles. The molecule has 10 heteroatoms. The molecule has 0 unspecified atom stereocenters. The summed E-state index contributed by atoms with van der Waals surface area (Å²) in [6.45, 7) is 1.84. The van der Waals surface area contributed by atoms with Crippen LogP contribution >= 0.6 is 11.9 Å². The summed E-state index contributed by atoms with van der Waals surface area (Å²) in [4.78, 5) is 17.4. The van der Waals surface area contributed by atoms with Gasteiger partial charge in [0.25, 0.3) is 0 Å². The molecule has 0 atom stereocenters. The molecule has 1 aliphatic rings. The smallest absolute Gasteiger partial charge is 0.342 e. The maximum atomic E-state index is 10.8. The molecule has 0 saturated heterocycles. The number of hydrogen-bond donors (Lipinski definition) is 2. The van der Waals surface area contributed by atoms with Gasteiger partial charge < -0.3 is 20.4 Å². The van der Waals surface area contributed by atoms with Crippen molar-refractivity contribution in [3.63, 3.8) is 0 Å². The zero-order valence-electron chi connectivity index (χ0n) is 12.2. The summed E-state index contributed by atoms with van der Waals surface area (Å²) in [5, 5.41) is 10.8. The fourth-order valence-electron chi connectivity index (χ4n) is 1.83. The zero-order valence-corrected chi connectivity index (χ0v) is 13.1. The van der Waals surface area contributed by atoms with Crippen molar-refractivity contribution < 1.29 is 4.92 Å². The van der Waals surface area contributed by atoms with Crippen LogP contribution in [0.4, 0.5) is 5.82 Å². The summed E-state index contributed by atoms with van der Waals surface area (Å²) in [5.74, 6) is 0.542. The van der Waals surface area contributed by atoms with E-state index in [-0.39, 0.29) is 5.82 Å². The normalized spacial score (nSPS) is 15.3. The van der Waals surface area contributed by atoms with Crippen molar-refractivity contribution in [2.75, 3.05) is 27.2 Å². The first kappa shape index (κ1) is 15.8. The number of hydrazine groups is 2. The van der Waals surface area contributed by atoms with Gasteiger partial charge in [-0.05, 0) is 32.0 Å². The monoisotopic (exact) mass is 313 g/mol. The second kappa shape index (κ2) is 6.89. The van der Waals surface area contributed by atoms with Crippen molar-refractivity contribution in [3.05, 3.63) is 28.3 Å². The number of hydrogen-bond acceptors (Lipinski definition) is 8. The molecule has 2 rings (SSSR count). The minimum absolute atomic E-state index is 0.0242. The first-order valence-corrected chi connectivity index (χ1v) is 7.25. The number of nitro groups is 1. The van der Waals surface area contributed by atoms with Crippen molar-refractivity contribution in [2.24, 2.45) is 7.05 Å². The molecule has 0 amide bonds. The Balaban J connectivity index is 1.86. The summed E-state index contributed by atoms with van der Waals surface area (Å²) in [5.41, 5.74) is 6.27. The Labute approximate surface area is 127 Å². The average Bonchev–Trinajstić information content (AvgIpc) is 3.00. The fraction of sp³-hybridized carbons (Fsp3) is 0.545. The molecule has 0 radical (unpaired) electrons. The Hall–Kier alpha value is -1.62. The third kappa shape index (κ3) is 3.94. The van der Waals surface area contributed by atoms with Gasteiger partial charge in [-0.1, -0.05) is 4.52 Å². The molecule has 2 N–H and O–H groups in total. The largest absolute Gasteiger partial charge is 0.358 e. The predicted molar refractivity (Wildman–Crippen MR) is 81.6 cm³/mol. The van der Waals surface area contributed by atoms with Gasteiger partial charge in [0.05, 0.1) is 7.05 Å². The van der Waals surface area contributed by atoms with Crippen LogP contribution in [0.5, 0.6) is 0 Å². The topological polar surface area (TPSA) is 91.5 Å². The maximum Gasteiger partial charge on any atom is 0.342 e. The molecule has 116 valence electrons. The van der Waals surface area contributed by atoms with Crippen molar-refractivity contribution >= 4 is 22.7 Å². The summed E-state index contributed by atoms with van der Waals surface area (Å²) in [6.07, 6.45) is 4.06. The molecule has 9 nitrogen and oxygen atoms in total. The van der Waals surface area contributed by atoms with Crippen LogP contribution in [0.1, 0.15) is 12.2 Å². The summed E-state index contributed by atoms with van der Waals surface area (Å²) < 4.78 is 3.24. The van der Waals surface area contributed by atoms with Crippen LogP contribution in [0.2, 0.25) is 0 Å². The lowest BCUT2D eigenvalue weighted by Crippen LogP contribution is -2.38. The number of rotatable bonds is 7. The first-order valence-electron chi connectivity index (χ1n) is 6.48. The van der Waals surface area contributed by atoms with E-state index in [0.29, 0.717) is 5.82 Å². The summed E-state index contributed by atoms with van der Waals surface area (Å²) >= 11 is 1.41. The molecule has 0 bridgehead atoms. The van der Waals surface area contributed by atoms with E-state index in [1.54, 1.807) is 17.8 Å². The van der Waals surface area contributed by atoms with Crippen molar-refractivity contribution in [1.29, 1.82) is 0 Å². The second-order valence-electron chi connectivity index (χ2n) is 4.84. The highest BCUT2D eigenvalue weighted by molar-refractivity contribution is 8.06. The van der Waals surface area contributed by atoms with E-state index in [1.807, 2.05) is 14.1 Å². The van der Waals surface area contributed by atoms with Crippen molar-refractivity contribution in [1.82, 2.24) is 29.8 Å². The van der Waals surface area contributed by atoms with Crippen LogP contribution in [0, 0.1) is 10.1 Å². The van der Waals surface area contributed by atoms with Gasteiger partial charge in [-0.15, -0.1) is 0 Å². The SMILES string of the molecule is CN(C)CCCNN1NC=C(c2ncc([N+](=O)[O-])n2C)S1. The van der Waals surface area contributed by atoms with Crippen molar-refractivity contribution in [3.8, 4) is 0 Å². The molecule has 0 aliphatic carbocycles. The van der Waals surface area contributed by atoms with E-state index < -0.39 is 4.92 Å². The van der Waals surface area contributed by atoms with Gasteiger partial charge in [-0.3, -0.25) is 0 Å². The molecule has 0 aromatic carbocycles. The quantitative estimate of drug-likeness (QED) is 0.326. The standard InChI is InChI=1S/C11H19N7O2S/c1-15(2)6-4-5-13-18-14-7-9(21-18)11-12-8-10(16(11)3)17(19)20/h7-8,13-14H,4-6H2,1-3H3. The van der Waals surface area contributed by atoms with Gasteiger partial charge in [-0.2, -0.15) is 0 Å². The molecule has 0 saturated carbocycles. The van der Waals surface area contributed by atoms with E-state index in [4.69, 9.17) is 0 Å². The van der Waals surface area contributed by atoms with E-state index in [0.717, 1.165) is 24.4 Å². The van der Waals surface area contributed by atoms with E-state index in [2.05, 4.69) is 20.7 Å². The highest BCUT2D eigenvalue weighted by atomic mass is 32.2. The Morgan fingerprint density at radius 2 is 2.33 bits per heavy atom. The lowest BCUT2D eigenvalue weighted by molar-refractivity contribution is -0.391. The highest BCUT2D eigenvalue weighted by Crippen LogP contribution is 2.32. The van der Waals surface area contributed by atoms with Gasteiger partial charge in [0, 0.05) is 24.7 Å². The number of nitrogens with one attached hydrogen (secondary N) is 2. The third-order valence-corrected chi connectivity index (χ3v) is 3.83. The first-order chi connectivity index (χ1) is 9.99. The molecule has 1 aliphatic heterocycles. The summed E-state index contributed by atoms with van der Waals surface area (Å²) in [6, 6.07) is 0. The summed E-state index contributed by atoms with van der Waals surface area (Å²) in [7, 11) is 5.71. The minimum Gasteiger partial charge on any atom is -0.358 e. The van der Waals surface area contributed by atoms with Crippen molar-refractivity contribution in [2.45, 2.75) is 6.42 Å². The van der Waals surface area contributed by atoms with E-state index in [1.165, 1.54) is 22.7 Å². The van der Waals surface area contributed by atoms with Gasteiger partial charge >= 0.3 is 5.82 Å². The third-order valence-electron chi connectivity index (χ3n) is 2.91. The van der Waals surface area contributed by atoms with Gasteiger partial charge in [-0.25, -0.2) is 15.0 Å². The lowest BCUT2D eigenvalue weighted by atomic mass is 10.4. The van der Waals surface area contributed by atoms with Crippen LogP contribution in [-0.4, -0.2) is 51.1 Å². The molecule has 1 aromatic rings. The number of aromatic nitrogens is 2. The molecule has 0 fully saturated rings. The average molecular weight is 313 g/mol. The highest BCUT2D eigenvalue weighted by Gasteiger charge is 2.25. The Bertz CT molecular complexity index is 543. The Kier molecular flexibility index (Phi) is 5.17. The van der Waals surface area contributed by atoms with Crippen LogP contribution < -0.4 is 10.9 Å². The van der Waals surface area contributed by atoms with Gasteiger partial charge in [0.2, 0.25) is 5.82 Å². The molecular formula is C11H19N7O2S. The van der Waals surface area contributed by atoms with Gasteiger partial charge in [0.15, 0.2) is 0 Å². The molecule has 2 heterocycles. The van der Waals surface area contributed by atoms with Crippen LogP contribution in [0.25, 0.3) is 4.91 Å². The number of imidazole rings is 1. The van der Waals surface area contributed by atoms with Crippen LogP contribution in [0.3, 0.4) is 0 Å². The lowest BCUT2D eigenvalue weighted by Gasteiger charge is -2.16. The molecular weight excluding hydrogens is 294 g/mol. The van der Waals surface area contributed by atoms with Crippen LogP contribution in [-0.2, 0) is 7.05 Å².